The van der Waals surface area contributed by atoms with Gasteiger partial charge in [-0.3, -0.25) is 9.59 Å². The predicted octanol–water partition coefficient (Wildman–Crippen LogP) is 0.672. The van der Waals surface area contributed by atoms with Gasteiger partial charge in [-0.1, -0.05) is 0 Å². The van der Waals surface area contributed by atoms with Crippen molar-refractivity contribution in [3.8, 4) is 11.5 Å². The summed E-state index contributed by atoms with van der Waals surface area (Å²) in [4.78, 5) is 23.4. The number of carbonyl (C=O) groups excluding carboxylic acids is 2. The number of nitrogens with two attached hydrogens (primary N) is 1. The Balaban J connectivity index is 0.00000242. The molecule has 22 heavy (non-hydrogen) atoms. The van der Waals surface area contributed by atoms with Crippen molar-refractivity contribution in [2.75, 3.05) is 26.1 Å². The molecular formula is C14H20ClN3O4. The summed E-state index contributed by atoms with van der Waals surface area (Å²) in [6.07, 6.45) is 1.32. The first kappa shape index (κ1) is 18.1. The molecule has 0 atom stereocenters. The van der Waals surface area contributed by atoms with Gasteiger partial charge in [-0.05, 0) is 12.8 Å². The summed E-state index contributed by atoms with van der Waals surface area (Å²) in [7, 11) is 3.05. The number of amides is 2. The van der Waals surface area contributed by atoms with Crippen LogP contribution in [0.3, 0.4) is 0 Å². The number of ether oxygens (including phenoxy) is 2. The molecule has 0 unspecified atom stereocenters. The van der Waals surface area contributed by atoms with Gasteiger partial charge in [0.25, 0.3) is 0 Å². The fourth-order valence-electron chi connectivity index (χ4n) is 1.78. The molecule has 0 saturated heterocycles. The monoisotopic (exact) mass is 329 g/mol. The van der Waals surface area contributed by atoms with E-state index in [4.69, 9.17) is 15.2 Å². The number of nitrogens with one attached hydrogen (secondary N) is 2. The zero-order valence-electron chi connectivity index (χ0n) is 12.5. The van der Waals surface area contributed by atoms with E-state index in [0.717, 1.165) is 0 Å². The first-order valence-electron chi connectivity index (χ1n) is 6.57. The summed E-state index contributed by atoms with van der Waals surface area (Å²) in [6.45, 7) is -0.128. The Morgan fingerprint density at radius 1 is 1.18 bits per heavy atom. The lowest BCUT2D eigenvalue weighted by atomic mass is 10.2. The van der Waals surface area contributed by atoms with Gasteiger partial charge in [-0.2, -0.15) is 0 Å². The zero-order valence-corrected chi connectivity index (χ0v) is 13.3. The lowest BCUT2D eigenvalue weighted by Gasteiger charge is -2.12. The highest BCUT2D eigenvalue weighted by Crippen LogP contribution is 2.32. The third-order valence-electron chi connectivity index (χ3n) is 3.29. The van der Waals surface area contributed by atoms with E-state index in [1.807, 2.05) is 0 Å². The SMILES string of the molecule is COc1cc(NC(=O)CNC(=O)C2(N)CC2)cc(OC)c1.Cl. The molecule has 2 amide bonds. The number of benzene rings is 1. The molecule has 2 rings (SSSR count). The van der Waals surface area contributed by atoms with Gasteiger partial charge in [0.15, 0.2) is 0 Å². The van der Waals surface area contributed by atoms with E-state index < -0.39 is 5.54 Å². The number of hydrogen-bond donors (Lipinski definition) is 3. The minimum absolute atomic E-state index is 0. The van der Waals surface area contributed by atoms with Gasteiger partial charge in [-0.25, -0.2) is 0 Å². The van der Waals surface area contributed by atoms with Crippen LogP contribution >= 0.6 is 12.4 Å². The van der Waals surface area contributed by atoms with Crippen LogP contribution < -0.4 is 25.8 Å². The standard InChI is InChI=1S/C14H19N3O4.ClH/c1-20-10-5-9(6-11(7-10)21-2)17-12(18)8-16-13(19)14(15)3-4-14;/h5-7H,3-4,8,15H2,1-2H3,(H,16,19)(H,17,18);1H. The second kappa shape index (κ2) is 7.33. The Kier molecular flexibility index (Phi) is 6.01. The maximum Gasteiger partial charge on any atom is 0.243 e. The van der Waals surface area contributed by atoms with Crippen LogP contribution in [0.25, 0.3) is 0 Å². The molecule has 0 spiro atoms. The summed E-state index contributed by atoms with van der Waals surface area (Å²) < 4.78 is 10.2. The number of methoxy groups -OCH3 is 2. The Morgan fingerprint density at radius 2 is 1.73 bits per heavy atom. The molecule has 0 aromatic heterocycles. The third-order valence-corrected chi connectivity index (χ3v) is 3.29. The van der Waals surface area contributed by atoms with E-state index in [2.05, 4.69) is 10.6 Å². The van der Waals surface area contributed by atoms with E-state index in [1.54, 1.807) is 18.2 Å². The van der Waals surface area contributed by atoms with Crippen molar-refractivity contribution in [1.82, 2.24) is 5.32 Å². The van der Waals surface area contributed by atoms with Gasteiger partial charge in [0.1, 0.15) is 11.5 Å². The largest absolute Gasteiger partial charge is 0.497 e. The Labute approximate surface area is 134 Å². The normalized spacial score (nSPS) is 14.3. The molecule has 0 radical (unpaired) electrons. The van der Waals surface area contributed by atoms with Crippen LogP contribution in [0.2, 0.25) is 0 Å². The Morgan fingerprint density at radius 3 is 2.18 bits per heavy atom. The Hall–Kier alpha value is -1.99. The molecule has 0 heterocycles. The van der Waals surface area contributed by atoms with E-state index >= 15 is 0 Å². The smallest absolute Gasteiger partial charge is 0.243 e. The minimum atomic E-state index is -0.778. The van der Waals surface area contributed by atoms with Crippen molar-refractivity contribution in [2.24, 2.45) is 5.73 Å². The van der Waals surface area contributed by atoms with Crippen molar-refractivity contribution in [3.63, 3.8) is 0 Å². The maximum absolute atomic E-state index is 11.8. The van der Waals surface area contributed by atoms with Crippen LogP contribution in [0.1, 0.15) is 12.8 Å². The highest BCUT2D eigenvalue weighted by Gasteiger charge is 2.45. The van der Waals surface area contributed by atoms with Crippen LogP contribution in [-0.4, -0.2) is 38.1 Å². The number of anilines is 1. The van der Waals surface area contributed by atoms with Gasteiger partial charge in [0.2, 0.25) is 11.8 Å². The van der Waals surface area contributed by atoms with Crippen molar-refractivity contribution in [2.45, 2.75) is 18.4 Å². The molecule has 1 aromatic carbocycles. The molecule has 1 aliphatic carbocycles. The third kappa shape index (κ3) is 4.51. The van der Waals surface area contributed by atoms with Crippen molar-refractivity contribution < 1.29 is 19.1 Å². The lowest BCUT2D eigenvalue weighted by Crippen LogP contribution is -2.45. The fraction of sp³-hybridized carbons (Fsp3) is 0.429. The summed E-state index contributed by atoms with van der Waals surface area (Å²) in [6, 6.07) is 5.02. The molecular weight excluding hydrogens is 310 g/mol. The van der Waals surface area contributed by atoms with Crippen molar-refractivity contribution in [3.05, 3.63) is 18.2 Å². The van der Waals surface area contributed by atoms with Crippen LogP contribution in [0, 0.1) is 0 Å². The molecule has 1 saturated carbocycles. The zero-order chi connectivity index (χ0) is 15.5. The second-order valence-corrected chi connectivity index (χ2v) is 4.99. The number of hydrogen-bond acceptors (Lipinski definition) is 5. The lowest BCUT2D eigenvalue weighted by molar-refractivity contribution is -0.125. The van der Waals surface area contributed by atoms with E-state index in [0.29, 0.717) is 30.0 Å². The first-order valence-corrected chi connectivity index (χ1v) is 6.57. The quantitative estimate of drug-likeness (QED) is 0.712. The Bertz CT molecular complexity index is 539. The molecule has 0 bridgehead atoms. The maximum atomic E-state index is 11.8. The van der Waals surface area contributed by atoms with E-state index in [1.165, 1.54) is 14.2 Å². The van der Waals surface area contributed by atoms with Gasteiger partial charge < -0.3 is 25.8 Å². The number of rotatable bonds is 6. The summed E-state index contributed by atoms with van der Waals surface area (Å²) in [5.41, 5.74) is 5.48. The average molecular weight is 330 g/mol. The topological polar surface area (TPSA) is 103 Å². The van der Waals surface area contributed by atoms with Gasteiger partial charge >= 0.3 is 0 Å². The molecule has 122 valence electrons. The van der Waals surface area contributed by atoms with Crippen LogP contribution in [0.5, 0.6) is 11.5 Å². The first-order chi connectivity index (χ1) is 9.96. The second-order valence-electron chi connectivity index (χ2n) is 4.99. The summed E-state index contributed by atoms with van der Waals surface area (Å²) in [5, 5.41) is 5.19. The molecule has 4 N–H and O–H groups in total. The van der Waals surface area contributed by atoms with Crippen LogP contribution in [-0.2, 0) is 9.59 Å². The van der Waals surface area contributed by atoms with Gasteiger partial charge in [0.05, 0.1) is 26.3 Å². The molecule has 1 aromatic rings. The molecule has 8 heteroatoms. The van der Waals surface area contributed by atoms with Gasteiger partial charge in [-0.15, -0.1) is 12.4 Å². The van der Waals surface area contributed by atoms with Gasteiger partial charge in [0, 0.05) is 23.9 Å². The van der Waals surface area contributed by atoms with Crippen molar-refractivity contribution >= 4 is 29.9 Å². The molecule has 0 aliphatic heterocycles. The number of carbonyl (C=O) groups is 2. The van der Waals surface area contributed by atoms with Crippen molar-refractivity contribution in [1.29, 1.82) is 0 Å². The summed E-state index contributed by atoms with van der Waals surface area (Å²) in [5.74, 6) is 0.490. The average Bonchev–Trinajstić information content (AvgIpc) is 3.23. The minimum Gasteiger partial charge on any atom is -0.497 e. The molecule has 1 fully saturated rings. The highest BCUT2D eigenvalue weighted by atomic mass is 35.5. The van der Waals surface area contributed by atoms with Crippen LogP contribution in [0.4, 0.5) is 5.69 Å². The molecule has 7 nitrogen and oxygen atoms in total. The fourth-order valence-corrected chi connectivity index (χ4v) is 1.78. The predicted molar refractivity (Wildman–Crippen MR) is 84.6 cm³/mol. The van der Waals surface area contributed by atoms with E-state index in [-0.39, 0.29) is 30.8 Å². The van der Waals surface area contributed by atoms with E-state index in [9.17, 15) is 9.59 Å². The highest BCUT2D eigenvalue weighted by molar-refractivity contribution is 5.97. The summed E-state index contributed by atoms with van der Waals surface area (Å²) >= 11 is 0. The van der Waals surface area contributed by atoms with Crippen LogP contribution in [0.15, 0.2) is 18.2 Å². The molecule has 1 aliphatic rings. The number of halogens is 1.